The van der Waals surface area contributed by atoms with E-state index in [1.165, 1.54) is 11.3 Å². The highest BCUT2D eigenvalue weighted by atomic mass is 32.2. The lowest BCUT2D eigenvalue weighted by molar-refractivity contribution is 0.725. The summed E-state index contributed by atoms with van der Waals surface area (Å²) in [5.41, 5.74) is 1.95. The maximum Gasteiger partial charge on any atom is 0.308 e. The van der Waals surface area contributed by atoms with Gasteiger partial charge in [-0.1, -0.05) is 67.3 Å². The molecule has 0 saturated heterocycles. The van der Waals surface area contributed by atoms with Crippen LogP contribution in [0.2, 0.25) is 0 Å². The van der Waals surface area contributed by atoms with Crippen molar-refractivity contribution in [1.82, 2.24) is 19.3 Å². The first-order chi connectivity index (χ1) is 13.2. The standard InChI is InChI=1S/C20H20N4OS2/c1-3-14(2)26-19-22-21-18(24(19)15-9-5-4-6-10-15)13-23-16-11-7-8-12-17(16)27-20(23)25/h4-12,14H,3,13H2,1-2H3. The smallest absolute Gasteiger partial charge is 0.291 e. The van der Waals surface area contributed by atoms with Crippen LogP contribution in [-0.2, 0) is 6.54 Å². The molecule has 4 rings (SSSR count). The quantitative estimate of drug-likeness (QED) is 0.448. The molecule has 0 fully saturated rings. The van der Waals surface area contributed by atoms with Crippen molar-refractivity contribution in [3.05, 3.63) is 70.1 Å². The predicted octanol–water partition coefficient (Wildman–Crippen LogP) is 4.58. The van der Waals surface area contributed by atoms with Crippen LogP contribution in [0.3, 0.4) is 0 Å². The van der Waals surface area contributed by atoms with Crippen molar-refractivity contribution in [2.24, 2.45) is 0 Å². The molecule has 1 atom stereocenters. The van der Waals surface area contributed by atoms with Crippen LogP contribution >= 0.6 is 23.1 Å². The fourth-order valence-corrected chi connectivity index (χ4v) is 4.71. The zero-order chi connectivity index (χ0) is 18.8. The molecule has 0 amide bonds. The van der Waals surface area contributed by atoms with E-state index >= 15 is 0 Å². The van der Waals surface area contributed by atoms with Gasteiger partial charge in [-0.3, -0.25) is 13.9 Å². The molecule has 0 aliphatic rings. The number of benzene rings is 2. The molecular weight excluding hydrogens is 376 g/mol. The number of para-hydroxylation sites is 2. The van der Waals surface area contributed by atoms with Gasteiger partial charge >= 0.3 is 4.87 Å². The Kier molecular flexibility index (Phi) is 5.13. The second-order valence-electron chi connectivity index (χ2n) is 6.33. The van der Waals surface area contributed by atoms with Crippen LogP contribution in [0.1, 0.15) is 26.1 Å². The van der Waals surface area contributed by atoms with Crippen LogP contribution in [0.15, 0.2) is 64.5 Å². The van der Waals surface area contributed by atoms with E-state index in [1.54, 1.807) is 16.3 Å². The van der Waals surface area contributed by atoms with Crippen LogP contribution in [0.25, 0.3) is 15.9 Å². The Morgan fingerprint density at radius 2 is 1.81 bits per heavy atom. The Bertz CT molecular complexity index is 1110. The molecule has 2 heterocycles. The Hall–Kier alpha value is -2.38. The van der Waals surface area contributed by atoms with Crippen molar-refractivity contribution < 1.29 is 0 Å². The maximum absolute atomic E-state index is 12.5. The van der Waals surface area contributed by atoms with Crippen molar-refractivity contribution in [1.29, 1.82) is 0 Å². The van der Waals surface area contributed by atoms with Gasteiger partial charge in [0.15, 0.2) is 11.0 Å². The average molecular weight is 397 g/mol. The maximum atomic E-state index is 12.5. The van der Waals surface area contributed by atoms with E-state index in [1.807, 2.05) is 54.6 Å². The van der Waals surface area contributed by atoms with Crippen molar-refractivity contribution in [3.8, 4) is 5.69 Å². The molecule has 7 heteroatoms. The Labute approximate surface area is 165 Å². The van der Waals surface area contributed by atoms with E-state index in [-0.39, 0.29) is 4.87 Å². The number of hydrogen-bond acceptors (Lipinski definition) is 5. The number of aromatic nitrogens is 4. The number of fused-ring (bicyclic) bond motifs is 1. The Morgan fingerprint density at radius 1 is 1.07 bits per heavy atom. The summed E-state index contributed by atoms with van der Waals surface area (Å²) in [5, 5.41) is 10.2. The van der Waals surface area contributed by atoms with Crippen molar-refractivity contribution in [3.63, 3.8) is 0 Å². The van der Waals surface area contributed by atoms with Gasteiger partial charge in [-0.15, -0.1) is 10.2 Å². The number of nitrogens with zero attached hydrogens (tertiary/aromatic N) is 4. The Balaban J connectivity index is 1.81. The molecule has 1 unspecified atom stereocenters. The topological polar surface area (TPSA) is 52.7 Å². The third-order valence-corrected chi connectivity index (χ3v) is 6.64. The molecule has 2 aromatic carbocycles. The lowest BCUT2D eigenvalue weighted by Crippen LogP contribution is -2.17. The number of hydrogen-bond donors (Lipinski definition) is 0. The first kappa shape index (κ1) is 18.0. The summed E-state index contributed by atoms with van der Waals surface area (Å²) in [7, 11) is 0. The molecule has 0 aliphatic heterocycles. The van der Waals surface area contributed by atoms with Gasteiger partial charge < -0.3 is 0 Å². The summed E-state index contributed by atoms with van der Waals surface area (Å²) in [4.78, 5) is 12.6. The molecule has 0 bridgehead atoms. The molecule has 5 nitrogen and oxygen atoms in total. The zero-order valence-electron chi connectivity index (χ0n) is 15.2. The van der Waals surface area contributed by atoms with Gasteiger partial charge in [-0.2, -0.15) is 0 Å². The normalized spacial score (nSPS) is 12.5. The fourth-order valence-electron chi connectivity index (χ4n) is 2.88. The number of rotatable bonds is 6. The second-order valence-corrected chi connectivity index (χ2v) is 8.73. The van der Waals surface area contributed by atoms with Crippen LogP contribution in [0.4, 0.5) is 0 Å². The number of thioether (sulfide) groups is 1. The molecule has 0 N–H and O–H groups in total. The lowest BCUT2D eigenvalue weighted by atomic mass is 10.3. The van der Waals surface area contributed by atoms with Gasteiger partial charge in [0.1, 0.15) is 0 Å². The molecule has 0 aliphatic carbocycles. The molecule has 138 valence electrons. The van der Waals surface area contributed by atoms with E-state index in [9.17, 15) is 4.79 Å². The molecule has 27 heavy (non-hydrogen) atoms. The van der Waals surface area contributed by atoms with Crippen LogP contribution < -0.4 is 4.87 Å². The largest absolute Gasteiger partial charge is 0.308 e. The van der Waals surface area contributed by atoms with Crippen LogP contribution in [-0.4, -0.2) is 24.6 Å². The predicted molar refractivity (Wildman–Crippen MR) is 112 cm³/mol. The zero-order valence-corrected chi connectivity index (χ0v) is 16.8. The van der Waals surface area contributed by atoms with E-state index in [4.69, 9.17) is 0 Å². The van der Waals surface area contributed by atoms with Crippen molar-refractivity contribution in [2.45, 2.75) is 37.2 Å². The Morgan fingerprint density at radius 3 is 2.59 bits per heavy atom. The summed E-state index contributed by atoms with van der Waals surface area (Å²) in [6.45, 7) is 4.75. The van der Waals surface area contributed by atoms with Gasteiger partial charge in [0.05, 0.1) is 16.8 Å². The monoisotopic (exact) mass is 396 g/mol. The molecule has 0 radical (unpaired) electrons. The molecule has 0 saturated carbocycles. The summed E-state index contributed by atoms with van der Waals surface area (Å²) < 4.78 is 4.83. The minimum absolute atomic E-state index is 0.0231. The molecule has 2 aromatic heterocycles. The highest BCUT2D eigenvalue weighted by Crippen LogP contribution is 2.27. The van der Waals surface area contributed by atoms with Gasteiger partial charge in [0.2, 0.25) is 0 Å². The summed E-state index contributed by atoms with van der Waals surface area (Å²) in [6.07, 6.45) is 1.05. The highest BCUT2D eigenvalue weighted by Gasteiger charge is 2.18. The first-order valence-electron chi connectivity index (χ1n) is 8.92. The lowest BCUT2D eigenvalue weighted by Gasteiger charge is -2.12. The highest BCUT2D eigenvalue weighted by molar-refractivity contribution is 7.99. The van der Waals surface area contributed by atoms with E-state index in [2.05, 4.69) is 28.6 Å². The third-order valence-electron chi connectivity index (χ3n) is 4.47. The third kappa shape index (κ3) is 3.57. The molecule has 0 spiro atoms. The second kappa shape index (κ2) is 7.70. The van der Waals surface area contributed by atoms with Crippen molar-refractivity contribution in [2.75, 3.05) is 0 Å². The summed E-state index contributed by atoms with van der Waals surface area (Å²) in [6, 6.07) is 17.9. The van der Waals surface area contributed by atoms with Gasteiger partial charge in [-0.05, 0) is 30.7 Å². The minimum Gasteiger partial charge on any atom is -0.291 e. The van der Waals surface area contributed by atoms with Gasteiger partial charge in [-0.25, -0.2) is 0 Å². The van der Waals surface area contributed by atoms with E-state index in [0.717, 1.165) is 33.3 Å². The van der Waals surface area contributed by atoms with Crippen LogP contribution in [0, 0.1) is 0 Å². The molecular formula is C20H20N4OS2. The molecule has 4 aromatic rings. The first-order valence-corrected chi connectivity index (χ1v) is 10.6. The minimum atomic E-state index is 0.0231. The summed E-state index contributed by atoms with van der Waals surface area (Å²) >= 11 is 2.98. The van der Waals surface area contributed by atoms with E-state index in [0.29, 0.717) is 11.8 Å². The average Bonchev–Trinajstić information content (AvgIpc) is 3.23. The van der Waals surface area contributed by atoms with Gasteiger partial charge in [0, 0.05) is 10.9 Å². The summed E-state index contributed by atoms with van der Waals surface area (Å²) in [5.74, 6) is 0.762. The SMILES string of the molecule is CCC(C)Sc1nnc(Cn2c(=O)sc3ccccc32)n1-c1ccccc1. The number of thiazole rings is 1. The van der Waals surface area contributed by atoms with Crippen molar-refractivity contribution >= 4 is 33.3 Å². The fraction of sp³-hybridized carbons (Fsp3) is 0.250. The van der Waals surface area contributed by atoms with Crippen LogP contribution in [0.5, 0.6) is 0 Å². The van der Waals surface area contributed by atoms with E-state index < -0.39 is 0 Å². The van der Waals surface area contributed by atoms with Gasteiger partial charge in [0.25, 0.3) is 0 Å².